The van der Waals surface area contributed by atoms with E-state index < -0.39 is 16.6 Å². The van der Waals surface area contributed by atoms with E-state index in [4.69, 9.17) is 8.85 Å². The molecule has 38 heavy (non-hydrogen) atoms. The Morgan fingerprint density at radius 1 is 0.658 bits per heavy atom. The summed E-state index contributed by atoms with van der Waals surface area (Å²) >= 11 is 0. The Morgan fingerprint density at radius 2 is 1.03 bits per heavy atom. The maximum Gasteiger partial charge on any atom is 0.192 e. The number of fused-ring (bicyclic) bond motifs is 6. The van der Waals surface area contributed by atoms with Gasteiger partial charge in [-0.15, -0.1) is 0 Å². The molecule has 0 saturated carbocycles. The van der Waals surface area contributed by atoms with Gasteiger partial charge in [-0.25, -0.2) is 0 Å². The van der Waals surface area contributed by atoms with Gasteiger partial charge in [-0.05, 0) is 98.7 Å². The second-order valence-electron chi connectivity index (χ2n) is 15.8. The molecule has 6 aliphatic heterocycles. The van der Waals surface area contributed by atoms with Crippen molar-refractivity contribution >= 4 is 16.6 Å². The third kappa shape index (κ3) is 6.81. The van der Waals surface area contributed by atoms with Crippen LogP contribution in [0.2, 0.25) is 36.3 Å². The van der Waals surface area contributed by atoms with Crippen molar-refractivity contribution < 1.29 is 8.85 Å². The lowest BCUT2D eigenvalue weighted by atomic mass is 9.76. The highest BCUT2D eigenvalue weighted by Gasteiger charge is 2.44. The molecular weight excluding hydrogens is 501 g/mol. The van der Waals surface area contributed by atoms with E-state index in [-0.39, 0.29) is 10.1 Å². The number of rotatable bonds is 6. The number of piperidine rings is 6. The van der Waals surface area contributed by atoms with Crippen LogP contribution in [0.4, 0.5) is 0 Å². The summed E-state index contributed by atoms with van der Waals surface area (Å²) in [7, 11) is -3.38. The second-order valence-corrected chi connectivity index (χ2v) is 25.4. The van der Waals surface area contributed by atoms with E-state index in [2.05, 4.69) is 101 Å². The first-order valence-electron chi connectivity index (χ1n) is 15.3. The SMILES string of the molecule is CC(C)(C)[Si](C)(C)OC[C@H]1C[C@@H]2CCN1C[C@@H]2C#CC#C[C@H]1CN2CC[C@H]1C[C@@H]2CO[Si](C)(C)C(C)(C)C. The van der Waals surface area contributed by atoms with Gasteiger partial charge in [-0.3, -0.25) is 9.80 Å². The number of nitrogens with zero attached hydrogens (tertiary/aromatic N) is 2. The van der Waals surface area contributed by atoms with Crippen LogP contribution < -0.4 is 0 Å². The van der Waals surface area contributed by atoms with Crippen LogP contribution in [0.15, 0.2) is 0 Å². The minimum Gasteiger partial charge on any atom is -0.415 e. The zero-order valence-electron chi connectivity index (χ0n) is 26.2. The quantitative estimate of drug-likeness (QED) is 0.277. The van der Waals surface area contributed by atoms with Gasteiger partial charge in [0.05, 0.1) is 0 Å². The van der Waals surface area contributed by atoms with Gasteiger partial charge in [-0.2, -0.15) is 0 Å². The minimum atomic E-state index is -1.69. The average molecular weight is 557 g/mol. The fraction of sp³-hybridized carbons (Fsp3) is 0.875. The van der Waals surface area contributed by atoms with Crippen LogP contribution in [0.5, 0.6) is 0 Å². The van der Waals surface area contributed by atoms with Crippen molar-refractivity contribution in [1.82, 2.24) is 9.80 Å². The summed E-state index contributed by atoms with van der Waals surface area (Å²) in [5, 5.41) is 0.550. The highest BCUT2D eigenvalue weighted by Crippen LogP contribution is 2.41. The first kappa shape index (κ1) is 30.4. The van der Waals surface area contributed by atoms with Crippen LogP contribution in [0.25, 0.3) is 0 Å². The monoisotopic (exact) mass is 556 g/mol. The van der Waals surface area contributed by atoms with Crippen molar-refractivity contribution in [2.75, 3.05) is 39.4 Å². The maximum absolute atomic E-state index is 6.59. The Balaban J connectivity index is 1.26. The molecule has 4 bridgehead atoms. The first-order chi connectivity index (χ1) is 17.6. The van der Waals surface area contributed by atoms with Crippen molar-refractivity contribution in [2.45, 2.75) is 116 Å². The summed E-state index contributed by atoms with van der Waals surface area (Å²) < 4.78 is 13.2. The smallest absolute Gasteiger partial charge is 0.192 e. The lowest BCUT2D eigenvalue weighted by Gasteiger charge is -2.49. The Labute approximate surface area is 237 Å². The molecule has 2 unspecified atom stereocenters. The van der Waals surface area contributed by atoms with Crippen molar-refractivity contribution in [3.05, 3.63) is 0 Å². The molecule has 4 nitrogen and oxygen atoms in total. The van der Waals surface area contributed by atoms with Crippen LogP contribution in [-0.2, 0) is 8.85 Å². The van der Waals surface area contributed by atoms with E-state index in [1.54, 1.807) is 0 Å². The molecule has 0 N–H and O–H groups in total. The average Bonchev–Trinajstić information content (AvgIpc) is 2.84. The fourth-order valence-corrected chi connectivity index (χ4v) is 8.33. The molecule has 0 aromatic carbocycles. The van der Waals surface area contributed by atoms with Gasteiger partial charge < -0.3 is 8.85 Å². The van der Waals surface area contributed by atoms with E-state index in [0.29, 0.717) is 35.8 Å². The highest BCUT2D eigenvalue weighted by molar-refractivity contribution is 6.74. The van der Waals surface area contributed by atoms with Crippen molar-refractivity contribution in [1.29, 1.82) is 0 Å². The first-order valence-corrected chi connectivity index (χ1v) is 21.2. The molecule has 0 aromatic rings. The Hall–Kier alpha value is -0.606. The van der Waals surface area contributed by atoms with Gasteiger partial charge in [0.25, 0.3) is 0 Å². The Bertz CT molecular complexity index is 880. The van der Waals surface area contributed by atoms with Gasteiger partial charge in [0, 0.05) is 50.2 Å². The maximum atomic E-state index is 6.59. The van der Waals surface area contributed by atoms with Gasteiger partial charge in [0.2, 0.25) is 0 Å². The summed E-state index contributed by atoms with van der Waals surface area (Å²) in [5.41, 5.74) is 0. The van der Waals surface area contributed by atoms with Crippen molar-refractivity contribution in [3.63, 3.8) is 0 Å². The van der Waals surface area contributed by atoms with E-state index >= 15 is 0 Å². The van der Waals surface area contributed by atoms with E-state index in [1.807, 2.05) is 0 Å². The second kappa shape index (κ2) is 11.3. The lowest BCUT2D eigenvalue weighted by Crippen LogP contribution is -2.56. The molecule has 6 heterocycles. The number of hydrogen-bond donors (Lipinski definition) is 0. The van der Waals surface area contributed by atoms with Gasteiger partial charge in [0.1, 0.15) is 0 Å². The van der Waals surface area contributed by atoms with Crippen LogP contribution >= 0.6 is 0 Å². The molecule has 0 aromatic heterocycles. The van der Waals surface area contributed by atoms with Crippen LogP contribution in [-0.4, -0.2) is 77.9 Å². The third-order valence-electron chi connectivity index (χ3n) is 11.2. The van der Waals surface area contributed by atoms with E-state index in [1.165, 1.54) is 38.8 Å². The fourth-order valence-electron chi connectivity index (χ4n) is 6.25. The lowest BCUT2D eigenvalue weighted by molar-refractivity contribution is -0.00132. The largest absolute Gasteiger partial charge is 0.415 e. The van der Waals surface area contributed by atoms with Crippen LogP contribution in [0.3, 0.4) is 0 Å². The van der Waals surface area contributed by atoms with E-state index in [9.17, 15) is 0 Å². The minimum absolute atomic E-state index is 0.275. The molecule has 6 rings (SSSR count). The molecule has 0 spiro atoms. The highest BCUT2D eigenvalue weighted by atomic mass is 28.4. The summed E-state index contributed by atoms with van der Waals surface area (Å²) in [6.07, 6.45) is 5.03. The predicted molar refractivity (Wildman–Crippen MR) is 165 cm³/mol. The van der Waals surface area contributed by atoms with Crippen molar-refractivity contribution in [2.24, 2.45) is 23.7 Å². The van der Waals surface area contributed by atoms with Crippen LogP contribution in [0, 0.1) is 47.4 Å². The van der Waals surface area contributed by atoms with Gasteiger partial charge in [0.15, 0.2) is 16.6 Å². The number of hydrogen-bond acceptors (Lipinski definition) is 4. The summed E-state index contributed by atoms with van der Waals surface area (Å²) in [6.45, 7) is 29.9. The van der Waals surface area contributed by atoms with Gasteiger partial charge in [-0.1, -0.05) is 53.4 Å². The Morgan fingerprint density at radius 3 is 1.32 bits per heavy atom. The van der Waals surface area contributed by atoms with Gasteiger partial charge >= 0.3 is 0 Å². The third-order valence-corrected chi connectivity index (χ3v) is 20.2. The molecule has 0 aliphatic carbocycles. The molecule has 6 saturated heterocycles. The van der Waals surface area contributed by atoms with Crippen LogP contribution in [0.1, 0.15) is 67.2 Å². The molecule has 6 heteroatoms. The van der Waals surface area contributed by atoms with Crippen molar-refractivity contribution in [3.8, 4) is 23.7 Å². The molecular formula is C32H56N2O2Si2. The summed E-state index contributed by atoms with van der Waals surface area (Å²) in [4.78, 5) is 5.30. The molecule has 8 atom stereocenters. The molecule has 0 amide bonds. The zero-order chi connectivity index (χ0) is 27.9. The predicted octanol–water partition coefficient (Wildman–Crippen LogP) is 6.46. The molecule has 214 valence electrons. The molecule has 6 fully saturated rings. The Kier molecular flexibility index (Phi) is 9.06. The summed E-state index contributed by atoms with van der Waals surface area (Å²) in [6, 6.07) is 1.15. The normalized spacial score (nSPS) is 35.3. The molecule has 6 aliphatic rings. The zero-order valence-corrected chi connectivity index (χ0v) is 28.2. The van der Waals surface area contributed by atoms with E-state index in [0.717, 1.165) is 26.3 Å². The topological polar surface area (TPSA) is 24.9 Å². The standard InChI is InChI=1S/C32H56N2O2Si2/c1-31(2,3)37(7,8)35-23-29-19-25-15-17-33(29)21-27(25)13-11-12-14-28-22-34-18-16-26(28)20-30(34)24-36-38(9,10)32(4,5)6/h25-30H,15-24H2,1-10H3/t25-,26-,27-,28-,29+,30+/m0/s1. The molecule has 0 radical (unpaired) electrons. The summed E-state index contributed by atoms with van der Waals surface area (Å²) in [5.74, 6) is 16.2.